The summed E-state index contributed by atoms with van der Waals surface area (Å²) in [5.74, 6) is -0.420. The van der Waals surface area contributed by atoms with Crippen LogP contribution in [0.4, 0.5) is 32.0 Å². The third-order valence-corrected chi connectivity index (χ3v) is 10.5. The van der Waals surface area contributed by atoms with Crippen molar-refractivity contribution in [3.8, 4) is 0 Å². The van der Waals surface area contributed by atoms with Crippen molar-refractivity contribution in [2.45, 2.75) is 77.7 Å². The van der Waals surface area contributed by atoms with E-state index in [4.69, 9.17) is 0 Å². The molecule has 0 unspecified atom stereocenters. The van der Waals surface area contributed by atoms with Crippen molar-refractivity contribution in [1.29, 1.82) is 0 Å². The number of halogens is 6. The van der Waals surface area contributed by atoms with Crippen LogP contribution in [-0.2, 0) is 21.9 Å². The van der Waals surface area contributed by atoms with Gasteiger partial charge in [-0.05, 0) is 92.9 Å². The number of nitrogens with one attached hydrogen (secondary N) is 1. The Labute approximate surface area is 224 Å². The predicted molar refractivity (Wildman–Crippen MR) is 133 cm³/mol. The number of hydrogen-bond acceptors (Lipinski definition) is 2. The summed E-state index contributed by atoms with van der Waals surface area (Å²) >= 11 is 0. The number of rotatable bonds is 3. The fourth-order valence-electron chi connectivity index (χ4n) is 8.70. The van der Waals surface area contributed by atoms with Gasteiger partial charge < -0.3 is 10.2 Å². The van der Waals surface area contributed by atoms with Crippen molar-refractivity contribution < 1.29 is 35.9 Å². The molecule has 0 bridgehead atoms. The number of hydrogen-bond donors (Lipinski definition) is 1. The van der Waals surface area contributed by atoms with Crippen LogP contribution in [0.25, 0.3) is 0 Å². The van der Waals surface area contributed by atoms with Gasteiger partial charge in [-0.25, -0.2) is 0 Å². The molecular formula is C29H34F6N2O2. The molecule has 214 valence electrons. The zero-order chi connectivity index (χ0) is 28.5. The lowest BCUT2D eigenvalue weighted by Crippen LogP contribution is -2.60. The van der Waals surface area contributed by atoms with E-state index in [9.17, 15) is 35.9 Å². The maximum absolute atomic E-state index is 13.6. The highest BCUT2D eigenvalue weighted by atomic mass is 19.4. The van der Waals surface area contributed by atoms with Crippen LogP contribution in [0.2, 0.25) is 0 Å². The molecule has 4 aliphatic rings. The zero-order valence-electron chi connectivity index (χ0n) is 22.3. The predicted octanol–water partition coefficient (Wildman–Crippen LogP) is 7.31. The van der Waals surface area contributed by atoms with Crippen molar-refractivity contribution >= 4 is 17.5 Å². The summed E-state index contributed by atoms with van der Waals surface area (Å²) in [6, 6.07) is 1.26. The molecule has 1 aromatic carbocycles. The molecule has 7 atom stereocenters. The lowest BCUT2D eigenvalue weighted by molar-refractivity contribution is -0.143. The standard InChI is InChI=1S/C29H34F6N2O2/c1-4-37-23-10-6-17-18-8-9-21(26(18,2)13-11-19(17)27(23,3)14-12-24(37)38)25(39)36-22-15-16(28(30,31)32)5-7-20(22)29(33,34)35/h5,7,12,14-15,17-19,21,23H,4,6,8-11,13H2,1-3H3,(H,36,39)/t17-,18-,19-,21+,23+,26-,27+/m0/s1. The molecule has 1 heterocycles. The molecular weight excluding hydrogens is 522 g/mol. The Hall–Kier alpha value is -2.52. The van der Waals surface area contributed by atoms with E-state index in [0.29, 0.717) is 49.4 Å². The molecule has 39 heavy (non-hydrogen) atoms. The summed E-state index contributed by atoms with van der Waals surface area (Å²) < 4.78 is 80.7. The molecule has 0 spiro atoms. The molecule has 10 heteroatoms. The first-order valence-electron chi connectivity index (χ1n) is 13.7. The Morgan fingerprint density at radius 2 is 1.72 bits per heavy atom. The Kier molecular flexibility index (Phi) is 6.66. The largest absolute Gasteiger partial charge is 0.418 e. The summed E-state index contributed by atoms with van der Waals surface area (Å²) in [6.45, 7) is 6.86. The van der Waals surface area contributed by atoms with Gasteiger partial charge in [0.1, 0.15) is 0 Å². The average molecular weight is 557 g/mol. The first kappa shape index (κ1) is 28.0. The van der Waals surface area contributed by atoms with E-state index in [2.05, 4.69) is 18.3 Å². The van der Waals surface area contributed by atoms with Gasteiger partial charge in [0.15, 0.2) is 0 Å². The van der Waals surface area contributed by atoms with Gasteiger partial charge in [0, 0.05) is 23.9 Å². The summed E-state index contributed by atoms with van der Waals surface area (Å²) in [7, 11) is 0. The van der Waals surface area contributed by atoms with E-state index in [1.165, 1.54) is 0 Å². The second-order valence-electron chi connectivity index (χ2n) is 12.2. The lowest BCUT2D eigenvalue weighted by atomic mass is 9.47. The number of carbonyl (C=O) groups excluding carboxylic acids is 2. The number of fused-ring (bicyclic) bond motifs is 5. The van der Waals surface area contributed by atoms with Gasteiger partial charge in [-0.1, -0.05) is 19.9 Å². The minimum atomic E-state index is -4.91. The highest BCUT2D eigenvalue weighted by molar-refractivity contribution is 5.94. The van der Waals surface area contributed by atoms with Crippen LogP contribution >= 0.6 is 0 Å². The second kappa shape index (κ2) is 9.26. The van der Waals surface area contributed by atoms with Crippen LogP contribution in [-0.4, -0.2) is 29.3 Å². The zero-order valence-corrected chi connectivity index (χ0v) is 22.3. The Balaban J connectivity index is 1.40. The molecule has 3 fully saturated rings. The van der Waals surface area contributed by atoms with E-state index in [-0.39, 0.29) is 23.3 Å². The summed E-state index contributed by atoms with van der Waals surface area (Å²) in [6.07, 6.45) is -1.52. The van der Waals surface area contributed by atoms with Gasteiger partial charge in [0.2, 0.25) is 11.8 Å². The highest BCUT2D eigenvalue weighted by Gasteiger charge is 2.61. The van der Waals surface area contributed by atoms with Gasteiger partial charge in [-0.2, -0.15) is 26.3 Å². The van der Waals surface area contributed by atoms with Crippen molar-refractivity contribution in [3.63, 3.8) is 0 Å². The first-order chi connectivity index (χ1) is 18.1. The van der Waals surface area contributed by atoms with Gasteiger partial charge in [0.05, 0.1) is 16.8 Å². The van der Waals surface area contributed by atoms with E-state index in [1.54, 1.807) is 6.08 Å². The lowest BCUT2D eigenvalue weighted by Gasteiger charge is -2.60. The number of benzene rings is 1. The topological polar surface area (TPSA) is 49.4 Å². The molecule has 2 amide bonds. The van der Waals surface area contributed by atoms with E-state index in [1.807, 2.05) is 18.7 Å². The fraction of sp³-hybridized carbons (Fsp3) is 0.655. The number of nitrogens with zero attached hydrogens (tertiary/aromatic N) is 1. The second-order valence-corrected chi connectivity index (χ2v) is 12.2. The molecule has 0 saturated heterocycles. The van der Waals surface area contributed by atoms with Crippen LogP contribution in [0, 0.1) is 34.5 Å². The monoisotopic (exact) mass is 556 g/mol. The highest BCUT2D eigenvalue weighted by Crippen LogP contribution is 2.65. The van der Waals surface area contributed by atoms with E-state index >= 15 is 0 Å². The Morgan fingerprint density at radius 3 is 2.36 bits per heavy atom. The van der Waals surface area contributed by atoms with E-state index in [0.717, 1.165) is 25.7 Å². The quantitative estimate of drug-likeness (QED) is 0.397. The smallest absolute Gasteiger partial charge is 0.336 e. The summed E-state index contributed by atoms with van der Waals surface area (Å²) in [5.41, 5.74) is -4.04. The molecule has 0 radical (unpaired) electrons. The van der Waals surface area contributed by atoms with Gasteiger partial charge in [-0.3, -0.25) is 9.59 Å². The maximum Gasteiger partial charge on any atom is 0.418 e. The van der Waals surface area contributed by atoms with Crippen LogP contribution < -0.4 is 5.32 Å². The molecule has 1 aliphatic heterocycles. The third kappa shape index (κ3) is 4.46. The molecule has 3 aliphatic carbocycles. The average Bonchev–Trinajstić information content (AvgIpc) is 3.20. The Bertz CT molecular complexity index is 1190. The van der Waals surface area contributed by atoms with E-state index < -0.39 is 46.4 Å². The minimum Gasteiger partial charge on any atom is -0.336 e. The van der Waals surface area contributed by atoms with Crippen LogP contribution in [0.5, 0.6) is 0 Å². The fourth-order valence-corrected chi connectivity index (χ4v) is 8.70. The summed E-state index contributed by atoms with van der Waals surface area (Å²) in [4.78, 5) is 27.9. The summed E-state index contributed by atoms with van der Waals surface area (Å²) in [5, 5.41) is 2.26. The van der Waals surface area contributed by atoms with Crippen molar-refractivity contribution in [3.05, 3.63) is 41.5 Å². The van der Waals surface area contributed by atoms with Crippen LogP contribution in [0.3, 0.4) is 0 Å². The molecule has 1 aromatic rings. The number of likely N-dealkylation sites (N-methyl/N-ethyl adjacent to an activating group) is 1. The van der Waals surface area contributed by atoms with Crippen LogP contribution in [0.15, 0.2) is 30.4 Å². The molecule has 1 N–H and O–H groups in total. The number of amides is 2. The number of anilines is 1. The van der Waals surface area contributed by atoms with Crippen molar-refractivity contribution in [2.75, 3.05) is 11.9 Å². The first-order valence-corrected chi connectivity index (χ1v) is 13.7. The normalized spacial score (nSPS) is 36.3. The van der Waals surface area contributed by atoms with Gasteiger partial charge in [0.25, 0.3) is 0 Å². The van der Waals surface area contributed by atoms with Crippen molar-refractivity contribution in [1.82, 2.24) is 4.90 Å². The van der Waals surface area contributed by atoms with Crippen molar-refractivity contribution in [2.24, 2.45) is 34.5 Å². The van der Waals surface area contributed by atoms with Gasteiger partial charge in [-0.15, -0.1) is 0 Å². The number of carbonyl (C=O) groups is 2. The third-order valence-electron chi connectivity index (χ3n) is 10.5. The molecule has 5 rings (SSSR count). The Morgan fingerprint density at radius 1 is 1.00 bits per heavy atom. The maximum atomic E-state index is 13.6. The molecule has 3 saturated carbocycles. The SMILES string of the molecule is CCN1C(=O)C=C[C@]2(C)[C@H]3CC[C@]4(C)[C@@H](C(=O)Nc5cc(C(F)(F)F)ccc5C(F)(F)F)CC[C@H]4[C@@H]3CC[C@@H]12. The van der Waals surface area contributed by atoms with Gasteiger partial charge >= 0.3 is 12.4 Å². The molecule has 4 nitrogen and oxygen atoms in total. The molecule has 0 aromatic heterocycles. The minimum absolute atomic E-state index is 0.0319. The number of alkyl halides is 6. The van der Waals surface area contributed by atoms with Crippen LogP contribution in [0.1, 0.15) is 70.4 Å².